The highest BCUT2D eigenvalue weighted by Gasteiger charge is 2.46. The molecule has 342 valence electrons. The lowest BCUT2D eigenvalue weighted by Crippen LogP contribution is -2.54. The molecule has 2 aliphatic rings. The molecule has 6 aromatic rings. The smallest absolute Gasteiger partial charge is 0.471 e. The fourth-order valence-corrected chi connectivity index (χ4v) is 8.84. The highest BCUT2D eigenvalue weighted by atomic mass is 32.1. The Balaban J connectivity index is 0.780. The molecule has 66 heavy (non-hydrogen) atoms. The number of hydrogen-bond acceptors (Lipinski definition) is 13. The number of halogens is 3. The van der Waals surface area contributed by atoms with Crippen molar-refractivity contribution in [1.82, 2.24) is 45.7 Å². The van der Waals surface area contributed by atoms with Gasteiger partial charge in [0.2, 0.25) is 17.6 Å². The maximum Gasteiger partial charge on any atom is 0.471 e. The van der Waals surface area contributed by atoms with Gasteiger partial charge in [0.05, 0.1) is 34.1 Å². The number of carbonyl (C=O) groups excluding carboxylic acids is 5. The largest absolute Gasteiger partial charge is 0.493 e. The van der Waals surface area contributed by atoms with Gasteiger partial charge < -0.3 is 14.6 Å². The van der Waals surface area contributed by atoms with E-state index in [9.17, 15) is 37.1 Å². The molecule has 2 atom stereocenters. The average molecular weight is 924 g/mol. The van der Waals surface area contributed by atoms with Gasteiger partial charge in [-0.2, -0.15) is 18.2 Å². The van der Waals surface area contributed by atoms with Crippen LogP contribution in [0.4, 0.5) is 13.2 Å². The van der Waals surface area contributed by atoms with Crippen molar-refractivity contribution in [3.8, 4) is 28.4 Å². The molecule has 8 rings (SSSR count). The summed E-state index contributed by atoms with van der Waals surface area (Å²) < 4.78 is 51.3. The summed E-state index contributed by atoms with van der Waals surface area (Å²) in [5, 5.41) is 20.2. The van der Waals surface area contributed by atoms with Crippen LogP contribution in [0.1, 0.15) is 111 Å². The second kappa shape index (κ2) is 20.4. The third-order valence-corrected chi connectivity index (χ3v) is 12.3. The molecule has 16 nitrogen and oxygen atoms in total. The van der Waals surface area contributed by atoms with Crippen molar-refractivity contribution in [3.63, 3.8) is 0 Å². The van der Waals surface area contributed by atoms with Crippen molar-refractivity contribution < 1.29 is 46.4 Å². The normalized spacial score (nSPS) is 15.5. The number of imide groups is 2. The van der Waals surface area contributed by atoms with E-state index in [1.54, 1.807) is 24.3 Å². The fraction of sp³-hybridized carbons (Fsp3) is 0.348. The Morgan fingerprint density at radius 1 is 0.924 bits per heavy atom. The SMILES string of the molecule is O=C1CCC(N2C(=O)c3cccc(OCCCCCCn4cc(CCCCC(CNC(=O)c5cccc(-c6noc(C(F)(F)F)n6)c5)c5nc(-c6ccccc6)cs5)nn4)c3C2=O)C(=O)N1. The Kier molecular flexibility index (Phi) is 14.0. The van der Waals surface area contributed by atoms with Gasteiger partial charge in [0.25, 0.3) is 17.7 Å². The Labute approximate surface area is 379 Å². The van der Waals surface area contributed by atoms with Gasteiger partial charge in [0.15, 0.2) is 0 Å². The number of fused-ring (bicyclic) bond motifs is 1. The number of aryl methyl sites for hydroxylation is 2. The lowest BCUT2D eigenvalue weighted by Gasteiger charge is -2.27. The molecule has 1 fully saturated rings. The van der Waals surface area contributed by atoms with E-state index in [1.165, 1.54) is 29.5 Å². The predicted molar refractivity (Wildman–Crippen MR) is 232 cm³/mol. The second-order valence-electron chi connectivity index (χ2n) is 16.0. The van der Waals surface area contributed by atoms with Crippen molar-refractivity contribution >= 4 is 40.9 Å². The molecule has 3 aromatic carbocycles. The third-order valence-electron chi connectivity index (χ3n) is 11.3. The van der Waals surface area contributed by atoms with Crippen LogP contribution in [0.5, 0.6) is 5.75 Å². The van der Waals surface area contributed by atoms with Crippen LogP contribution in [0, 0.1) is 0 Å². The Morgan fingerprint density at radius 2 is 1.73 bits per heavy atom. The molecule has 0 aliphatic carbocycles. The predicted octanol–water partition coefficient (Wildman–Crippen LogP) is 7.44. The van der Waals surface area contributed by atoms with Crippen molar-refractivity contribution in [2.75, 3.05) is 13.2 Å². The zero-order valence-electron chi connectivity index (χ0n) is 35.5. The molecule has 5 heterocycles. The number of alkyl halides is 3. The third kappa shape index (κ3) is 10.7. The molecule has 0 bridgehead atoms. The number of nitrogens with zero attached hydrogens (tertiary/aromatic N) is 7. The van der Waals surface area contributed by atoms with Gasteiger partial charge in [-0.1, -0.05) is 71.7 Å². The minimum atomic E-state index is -4.79. The quantitative estimate of drug-likeness (QED) is 0.0567. The number of nitrogens with one attached hydrogen (secondary N) is 2. The van der Waals surface area contributed by atoms with E-state index in [2.05, 4.69) is 35.6 Å². The van der Waals surface area contributed by atoms with Crippen LogP contribution >= 0.6 is 11.3 Å². The first-order valence-electron chi connectivity index (χ1n) is 21.6. The highest BCUT2D eigenvalue weighted by molar-refractivity contribution is 7.10. The number of carbonyl (C=O) groups is 5. The first-order chi connectivity index (χ1) is 31.9. The minimum Gasteiger partial charge on any atom is -0.493 e. The summed E-state index contributed by atoms with van der Waals surface area (Å²) in [6.07, 6.45) is 3.72. The van der Waals surface area contributed by atoms with Crippen LogP contribution in [-0.2, 0) is 28.7 Å². The van der Waals surface area contributed by atoms with E-state index in [4.69, 9.17) is 9.72 Å². The molecule has 5 amide bonds. The van der Waals surface area contributed by atoms with Crippen molar-refractivity contribution in [2.45, 2.75) is 88.9 Å². The number of benzene rings is 3. The van der Waals surface area contributed by atoms with E-state index in [1.807, 2.05) is 46.6 Å². The van der Waals surface area contributed by atoms with Gasteiger partial charge in [-0.3, -0.25) is 38.9 Å². The lowest BCUT2D eigenvalue weighted by atomic mass is 10.0. The molecule has 2 unspecified atom stereocenters. The highest BCUT2D eigenvalue weighted by Crippen LogP contribution is 2.35. The standard InChI is InChI=1S/C46H44F3N9O7S/c47-46(48,49)45-53-39(55-65-45)29-15-10-16-30(24-29)40(60)50-25-31(42-51-34(27-66-42)28-12-4-3-5-13-28)14-6-7-17-32-26-57(56-54-32)22-8-1-2-9-23-64-36-19-11-18-33-38(36)44(63)58(43(33)62)35-20-21-37(59)52-41(35)61/h3-5,10-13,15-16,18-19,24,26-27,31,35H,1-2,6-9,14,17,20-23,25H2,(H,50,60)(H,52,59,61). The van der Waals surface area contributed by atoms with Crippen LogP contribution in [-0.4, -0.2) is 83.7 Å². The van der Waals surface area contributed by atoms with E-state index >= 15 is 0 Å². The zero-order chi connectivity index (χ0) is 46.2. The lowest BCUT2D eigenvalue weighted by molar-refractivity contribution is -0.159. The summed E-state index contributed by atoms with van der Waals surface area (Å²) >= 11 is 1.53. The van der Waals surface area contributed by atoms with Crippen LogP contribution in [0.2, 0.25) is 0 Å². The topological polar surface area (TPSA) is 204 Å². The number of rotatable bonds is 20. The van der Waals surface area contributed by atoms with E-state index in [0.717, 1.165) is 65.4 Å². The van der Waals surface area contributed by atoms with Gasteiger partial charge >= 0.3 is 12.1 Å². The molecule has 2 aliphatic heterocycles. The van der Waals surface area contributed by atoms with Gasteiger partial charge in [0.1, 0.15) is 11.8 Å². The molecular weight excluding hydrogens is 880 g/mol. The molecular formula is C46H44F3N9O7S. The molecule has 1 saturated heterocycles. The number of amides is 5. The number of hydrogen-bond donors (Lipinski definition) is 2. The molecule has 20 heteroatoms. The van der Waals surface area contributed by atoms with Gasteiger partial charge in [-0.15, -0.1) is 16.4 Å². The molecule has 3 aromatic heterocycles. The van der Waals surface area contributed by atoms with Crippen molar-refractivity contribution in [3.05, 3.63) is 118 Å². The first kappa shape index (κ1) is 45.5. The number of piperidine rings is 1. The van der Waals surface area contributed by atoms with Gasteiger partial charge in [-0.25, -0.2) is 4.98 Å². The Hall–Kier alpha value is -7.09. The summed E-state index contributed by atoms with van der Waals surface area (Å²) in [5.74, 6) is -4.24. The monoisotopic (exact) mass is 923 g/mol. The molecule has 2 N–H and O–H groups in total. The summed E-state index contributed by atoms with van der Waals surface area (Å²) in [7, 11) is 0. The number of aromatic nitrogens is 6. The maximum absolute atomic E-state index is 13.4. The minimum absolute atomic E-state index is 0.0442. The average Bonchev–Trinajstić information content (AvgIpc) is 4.15. The molecule has 0 spiro atoms. The summed E-state index contributed by atoms with van der Waals surface area (Å²) in [4.78, 5) is 73.1. The van der Waals surface area contributed by atoms with E-state index in [-0.39, 0.29) is 59.1 Å². The van der Waals surface area contributed by atoms with Crippen molar-refractivity contribution in [2.24, 2.45) is 0 Å². The molecule has 0 saturated carbocycles. The van der Waals surface area contributed by atoms with Crippen LogP contribution in [0.3, 0.4) is 0 Å². The van der Waals surface area contributed by atoms with Gasteiger partial charge in [0, 0.05) is 53.7 Å². The van der Waals surface area contributed by atoms with E-state index < -0.39 is 47.6 Å². The van der Waals surface area contributed by atoms with Crippen LogP contribution < -0.4 is 15.4 Å². The Morgan fingerprint density at radius 3 is 2.53 bits per heavy atom. The van der Waals surface area contributed by atoms with Crippen LogP contribution in [0.25, 0.3) is 22.6 Å². The van der Waals surface area contributed by atoms with Crippen molar-refractivity contribution in [1.29, 1.82) is 0 Å². The first-order valence-corrected chi connectivity index (χ1v) is 22.5. The fourth-order valence-electron chi connectivity index (χ4n) is 7.88. The number of thiazole rings is 1. The van der Waals surface area contributed by atoms with Gasteiger partial charge in [-0.05, 0) is 69.2 Å². The van der Waals surface area contributed by atoms with Crippen LogP contribution in [0.15, 0.2) is 88.9 Å². The van der Waals surface area contributed by atoms with E-state index in [0.29, 0.717) is 26.0 Å². The summed E-state index contributed by atoms with van der Waals surface area (Å²) in [6, 6.07) is 19.6. The second-order valence-corrected chi connectivity index (χ2v) is 16.8. The maximum atomic E-state index is 13.4. The number of ether oxygens (including phenoxy) is 1. The number of unbranched alkanes of at least 4 members (excludes halogenated alkanes) is 4. The zero-order valence-corrected chi connectivity index (χ0v) is 36.3. The summed E-state index contributed by atoms with van der Waals surface area (Å²) in [5.41, 5.74) is 3.46. The molecule has 0 radical (unpaired) electrons. The summed E-state index contributed by atoms with van der Waals surface area (Å²) in [6.45, 7) is 1.31. The Bertz CT molecular complexity index is 2720.